The van der Waals surface area contributed by atoms with E-state index in [1.807, 2.05) is 6.92 Å². The van der Waals surface area contributed by atoms with Gasteiger partial charge in [-0.2, -0.15) is 0 Å². The topological polar surface area (TPSA) is 58.2 Å². The fourth-order valence-corrected chi connectivity index (χ4v) is 2.97. The Bertz CT molecular complexity index is 753. The highest BCUT2D eigenvalue weighted by Gasteiger charge is 2.09. The van der Waals surface area contributed by atoms with Gasteiger partial charge in [-0.1, -0.05) is 35.3 Å². The third kappa shape index (κ3) is 5.74. The van der Waals surface area contributed by atoms with Crippen molar-refractivity contribution in [1.82, 2.24) is 0 Å². The Morgan fingerprint density at radius 3 is 2.21 bits per heavy atom. The monoisotopic (exact) mass is 382 g/mol. The second kappa shape index (κ2) is 8.97. The Labute approximate surface area is 154 Å². The van der Waals surface area contributed by atoms with Gasteiger partial charge in [0.05, 0.1) is 22.2 Å². The highest BCUT2D eigenvalue weighted by molar-refractivity contribution is 8.00. The lowest BCUT2D eigenvalue weighted by Crippen LogP contribution is -2.18. The summed E-state index contributed by atoms with van der Waals surface area (Å²) in [5.41, 5.74) is 2.16. The first-order chi connectivity index (χ1) is 11.5. The first-order valence-corrected chi connectivity index (χ1v) is 9.05. The maximum absolute atomic E-state index is 11.9. The normalized spacial score (nSPS) is 10.3. The van der Waals surface area contributed by atoms with E-state index in [-0.39, 0.29) is 23.3 Å². The van der Waals surface area contributed by atoms with E-state index in [2.05, 4.69) is 10.6 Å². The van der Waals surface area contributed by atoms with Gasteiger partial charge in [0.25, 0.3) is 0 Å². The number of carbonyl (C=O) groups is 2. The van der Waals surface area contributed by atoms with Crippen LogP contribution in [0.5, 0.6) is 0 Å². The molecule has 4 nitrogen and oxygen atoms in total. The third-order valence-electron chi connectivity index (χ3n) is 3.08. The number of para-hydroxylation sites is 1. The van der Waals surface area contributed by atoms with Crippen LogP contribution in [0.15, 0.2) is 42.5 Å². The minimum atomic E-state index is -0.205. The van der Waals surface area contributed by atoms with Crippen LogP contribution in [0.25, 0.3) is 0 Å². The Morgan fingerprint density at radius 2 is 1.58 bits per heavy atom. The molecule has 2 N–H and O–H groups in total. The maximum Gasteiger partial charge on any atom is 0.234 e. The molecule has 0 aliphatic rings. The molecule has 0 aromatic heterocycles. The van der Waals surface area contributed by atoms with E-state index >= 15 is 0 Å². The Kier molecular flexibility index (Phi) is 6.97. The van der Waals surface area contributed by atoms with Crippen molar-refractivity contribution in [2.75, 3.05) is 22.1 Å². The maximum atomic E-state index is 11.9. The zero-order chi connectivity index (χ0) is 17.5. The van der Waals surface area contributed by atoms with Crippen LogP contribution in [-0.2, 0) is 9.59 Å². The molecular formula is C17H16Cl2N2O2S. The summed E-state index contributed by atoms with van der Waals surface area (Å²) in [4.78, 5) is 23.8. The molecule has 2 aromatic rings. The minimum absolute atomic E-state index is 0.165. The average Bonchev–Trinajstić information content (AvgIpc) is 2.52. The molecule has 0 bridgehead atoms. The van der Waals surface area contributed by atoms with Crippen LogP contribution in [0.4, 0.5) is 11.4 Å². The van der Waals surface area contributed by atoms with Crippen molar-refractivity contribution in [3.63, 3.8) is 0 Å². The van der Waals surface area contributed by atoms with Gasteiger partial charge in [0.15, 0.2) is 0 Å². The van der Waals surface area contributed by atoms with Gasteiger partial charge < -0.3 is 10.6 Å². The number of nitrogens with one attached hydrogen (secondary N) is 2. The van der Waals surface area contributed by atoms with Crippen LogP contribution in [0.1, 0.15) is 5.56 Å². The lowest BCUT2D eigenvalue weighted by atomic mass is 10.2. The van der Waals surface area contributed by atoms with Crippen molar-refractivity contribution in [3.8, 4) is 0 Å². The van der Waals surface area contributed by atoms with Gasteiger partial charge in [0, 0.05) is 10.7 Å². The van der Waals surface area contributed by atoms with Gasteiger partial charge in [-0.15, -0.1) is 11.8 Å². The fourth-order valence-electron chi connectivity index (χ4n) is 1.94. The average molecular weight is 383 g/mol. The summed E-state index contributed by atoms with van der Waals surface area (Å²) in [6, 6.07) is 12.2. The smallest absolute Gasteiger partial charge is 0.234 e. The molecule has 0 saturated heterocycles. The second-order valence-corrected chi connectivity index (χ2v) is 6.86. The van der Waals surface area contributed by atoms with E-state index in [0.717, 1.165) is 5.56 Å². The third-order valence-corrected chi connectivity index (χ3v) is 4.57. The number of thioether (sulfide) groups is 1. The van der Waals surface area contributed by atoms with Crippen LogP contribution in [0, 0.1) is 6.92 Å². The highest BCUT2D eigenvalue weighted by Crippen LogP contribution is 2.21. The summed E-state index contributed by atoms with van der Waals surface area (Å²) in [6.45, 7) is 1.87. The van der Waals surface area contributed by atoms with E-state index in [1.165, 1.54) is 11.8 Å². The number of benzene rings is 2. The van der Waals surface area contributed by atoms with Crippen LogP contribution in [0.2, 0.25) is 10.0 Å². The van der Waals surface area contributed by atoms with Gasteiger partial charge in [0.2, 0.25) is 11.8 Å². The molecule has 0 fully saturated rings. The zero-order valence-electron chi connectivity index (χ0n) is 12.9. The van der Waals surface area contributed by atoms with Crippen molar-refractivity contribution in [2.24, 2.45) is 0 Å². The molecule has 2 amide bonds. The molecular weight excluding hydrogens is 367 g/mol. The summed E-state index contributed by atoms with van der Waals surface area (Å²) in [7, 11) is 0. The van der Waals surface area contributed by atoms with Crippen LogP contribution < -0.4 is 10.6 Å². The fraction of sp³-hybridized carbons (Fsp3) is 0.176. The van der Waals surface area contributed by atoms with Gasteiger partial charge in [-0.3, -0.25) is 9.59 Å². The number of halogens is 2. The SMILES string of the molecule is Cc1cc(Cl)ccc1NC(=O)CSCC(=O)Nc1ccccc1Cl. The molecule has 2 aromatic carbocycles. The quantitative estimate of drug-likeness (QED) is 0.766. The Balaban J connectivity index is 1.76. The van der Waals surface area contributed by atoms with E-state index in [9.17, 15) is 9.59 Å². The Hall–Kier alpha value is -1.69. The van der Waals surface area contributed by atoms with Gasteiger partial charge in [-0.25, -0.2) is 0 Å². The summed E-state index contributed by atoms with van der Waals surface area (Å²) in [5.74, 6) is -0.0319. The predicted octanol–water partition coefficient (Wildman–Crippen LogP) is 4.61. The predicted molar refractivity (Wildman–Crippen MR) is 102 cm³/mol. The van der Waals surface area contributed by atoms with Crippen LogP contribution in [-0.4, -0.2) is 23.3 Å². The lowest BCUT2D eigenvalue weighted by Gasteiger charge is -2.09. The molecule has 0 spiro atoms. The first-order valence-electron chi connectivity index (χ1n) is 7.14. The molecule has 24 heavy (non-hydrogen) atoms. The van der Waals surface area contributed by atoms with Crippen molar-refractivity contribution in [3.05, 3.63) is 58.1 Å². The molecule has 0 saturated carbocycles. The van der Waals surface area contributed by atoms with Gasteiger partial charge in [-0.05, 0) is 42.8 Å². The summed E-state index contributed by atoms with van der Waals surface area (Å²) in [6.07, 6.45) is 0. The van der Waals surface area contributed by atoms with Gasteiger partial charge in [0.1, 0.15) is 0 Å². The standard InChI is InChI=1S/C17H16Cl2N2O2S/c1-11-8-12(18)6-7-14(11)20-16(22)9-24-10-17(23)21-15-5-3-2-4-13(15)19/h2-8H,9-10H2,1H3,(H,20,22)(H,21,23). The number of hydrogen-bond acceptors (Lipinski definition) is 3. The van der Waals surface area contributed by atoms with Crippen molar-refractivity contribution in [1.29, 1.82) is 0 Å². The van der Waals surface area contributed by atoms with E-state index < -0.39 is 0 Å². The minimum Gasteiger partial charge on any atom is -0.325 e. The van der Waals surface area contributed by atoms with Gasteiger partial charge >= 0.3 is 0 Å². The molecule has 0 radical (unpaired) electrons. The lowest BCUT2D eigenvalue weighted by molar-refractivity contribution is -0.114. The van der Waals surface area contributed by atoms with Crippen molar-refractivity contribution in [2.45, 2.75) is 6.92 Å². The van der Waals surface area contributed by atoms with E-state index in [4.69, 9.17) is 23.2 Å². The zero-order valence-corrected chi connectivity index (χ0v) is 15.3. The summed E-state index contributed by atoms with van der Waals surface area (Å²) in [5, 5.41) is 6.61. The van der Waals surface area contributed by atoms with Crippen LogP contribution >= 0.6 is 35.0 Å². The molecule has 0 atom stereocenters. The Morgan fingerprint density at radius 1 is 0.958 bits per heavy atom. The van der Waals surface area contributed by atoms with Crippen molar-refractivity contribution < 1.29 is 9.59 Å². The summed E-state index contributed by atoms with van der Waals surface area (Å²) < 4.78 is 0. The highest BCUT2D eigenvalue weighted by atomic mass is 35.5. The number of anilines is 2. The number of rotatable bonds is 6. The molecule has 0 aliphatic carbocycles. The number of aryl methyl sites for hydroxylation is 1. The molecule has 0 aliphatic heterocycles. The van der Waals surface area contributed by atoms with E-state index in [1.54, 1.807) is 42.5 Å². The first kappa shape index (κ1) is 18.6. The largest absolute Gasteiger partial charge is 0.325 e. The molecule has 126 valence electrons. The number of amides is 2. The summed E-state index contributed by atoms with van der Waals surface area (Å²) >= 11 is 13.1. The molecule has 2 rings (SSSR count). The molecule has 0 unspecified atom stereocenters. The number of carbonyl (C=O) groups excluding carboxylic acids is 2. The molecule has 0 heterocycles. The van der Waals surface area contributed by atoms with Crippen molar-refractivity contribution >= 4 is 58.2 Å². The van der Waals surface area contributed by atoms with Crippen LogP contribution in [0.3, 0.4) is 0 Å². The number of hydrogen-bond donors (Lipinski definition) is 2. The van der Waals surface area contributed by atoms with E-state index in [0.29, 0.717) is 21.4 Å². The molecule has 7 heteroatoms. The second-order valence-electron chi connectivity index (χ2n) is 5.03.